The fourth-order valence-corrected chi connectivity index (χ4v) is 10.8. The van der Waals surface area contributed by atoms with E-state index in [4.69, 9.17) is 18.6 Å². The molecule has 0 unspecified atom stereocenters. The minimum absolute atomic E-state index is 0.585. The van der Waals surface area contributed by atoms with E-state index in [9.17, 15) is 0 Å². The summed E-state index contributed by atoms with van der Waals surface area (Å²) >= 11 is 0. The molecule has 0 aromatic heterocycles. The summed E-state index contributed by atoms with van der Waals surface area (Å²) in [6, 6.07) is 2.05. The second-order valence-electron chi connectivity index (χ2n) is 10.4. The van der Waals surface area contributed by atoms with Gasteiger partial charge in [-0.25, -0.2) is 0 Å². The molecule has 0 N–H and O–H groups in total. The molecule has 182 valence electrons. The molecule has 0 bridgehead atoms. The fourth-order valence-electron chi connectivity index (χ4n) is 4.80. The van der Waals surface area contributed by atoms with Crippen LogP contribution in [0.3, 0.4) is 0 Å². The monoisotopic (exact) mass is 478 g/mol. The van der Waals surface area contributed by atoms with Gasteiger partial charge in [-0.05, 0) is 41.1 Å². The third kappa shape index (κ3) is 6.79. The second-order valence-corrected chi connectivity index (χ2v) is 20.7. The highest BCUT2D eigenvalue weighted by molar-refractivity contribution is 6.83. The Morgan fingerprint density at radius 1 is 0.812 bits per heavy atom. The molecule has 1 aromatic rings. The van der Waals surface area contributed by atoms with Crippen LogP contribution in [0.2, 0.25) is 36.3 Å². The summed E-state index contributed by atoms with van der Waals surface area (Å²) in [5, 5.41) is 0. The van der Waals surface area contributed by atoms with E-state index in [1.165, 1.54) is 0 Å². The summed E-state index contributed by atoms with van der Waals surface area (Å²) < 4.78 is 23.7. The van der Waals surface area contributed by atoms with E-state index < -0.39 is 16.4 Å². The maximum absolute atomic E-state index is 6.77. The van der Waals surface area contributed by atoms with Crippen LogP contribution >= 0.6 is 0 Å². The van der Waals surface area contributed by atoms with Gasteiger partial charge in [0.05, 0.1) is 26.9 Å². The van der Waals surface area contributed by atoms with E-state index >= 15 is 0 Å². The number of benzene rings is 1. The average molecular weight is 479 g/mol. The van der Waals surface area contributed by atoms with Gasteiger partial charge in [-0.15, -0.1) is 5.54 Å². The molecule has 0 aliphatic heterocycles. The molecule has 0 fully saturated rings. The topological polar surface area (TPSA) is 36.9 Å². The molecule has 0 radical (unpaired) electrons. The second kappa shape index (κ2) is 12.2. The number of ether oxygens (including phenoxy) is 3. The van der Waals surface area contributed by atoms with Gasteiger partial charge >= 0.3 is 0 Å². The van der Waals surface area contributed by atoms with Crippen LogP contribution in [0.5, 0.6) is 17.2 Å². The molecule has 0 heterocycles. The molecule has 0 saturated carbocycles. The summed E-state index contributed by atoms with van der Waals surface area (Å²) in [5.41, 5.74) is 7.28. The van der Waals surface area contributed by atoms with Gasteiger partial charge < -0.3 is 18.6 Å². The lowest BCUT2D eigenvalue weighted by Gasteiger charge is -2.42. The maximum Gasteiger partial charge on any atom is 0.204 e. The Hall–Kier alpha value is -1.43. The predicted octanol–water partition coefficient (Wildman–Crippen LogP) is 7.07. The van der Waals surface area contributed by atoms with Gasteiger partial charge in [-0.1, -0.05) is 67.1 Å². The standard InChI is InChI=1S/C26H46O4Si2/c1-19(2)32(20(3)4,21(5)6)30-16-13-14-22-18-24(27-7)26(29-9)25(28-8)23(22)15-17-31(10,11)12/h18-21H,13-14,16H2,1-12H3. The number of aryl methyl sites for hydroxylation is 1. The summed E-state index contributed by atoms with van der Waals surface area (Å²) in [6.07, 6.45) is 1.78. The number of hydrogen-bond acceptors (Lipinski definition) is 4. The molecule has 4 nitrogen and oxygen atoms in total. The molecular weight excluding hydrogens is 432 g/mol. The molecule has 6 heteroatoms. The van der Waals surface area contributed by atoms with Crippen LogP contribution in [0.1, 0.15) is 59.1 Å². The zero-order chi connectivity index (χ0) is 24.7. The largest absolute Gasteiger partial charge is 0.493 e. The van der Waals surface area contributed by atoms with Gasteiger partial charge in [0.15, 0.2) is 19.8 Å². The van der Waals surface area contributed by atoms with Crippen molar-refractivity contribution in [1.82, 2.24) is 0 Å². The Balaban J connectivity index is 3.27. The zero-order valence-corrected chi connectivity index (χ0v) is 24.6. The van der Waals surface area contributed by atoms with Gasteiger partial charge in [0, 0.05) is 6.61 Å². The van der Waals surface area contributed by atoms with Gasteiger partial charge in [0.1, 0.15) is 8.07 Å². The predicted molar refractivity (Wildman–Crippen MR) is 142 cm³/mol. The number of methoxy groups -OCH3 is 3. The molecule has 0 aliphatic carbocycles. The molecule has 0 atom stereocenters. The maximum atomic E-state index is 6.77. The van der Waals surface area contributed by atoms with Crippen molar-refractivity contribution in [3.05, 3.63) is 17.2 Å². The van der Waals surface area contributed by atoms with Crippen LogP contribution in [-0.4, -0.2) is 44.3 Å². The lowest BCUT2D eigenvalue weighted by Crippen LogP contribution is -2.48. The molecule has 1 aromatic carbocycles. The van der Waals surface area contributed by atoms with E-state index in [-0.39, 0.29) is 0 Å². The van der Waals surface area contributed by atoms with E-state index in [1.807, 2.05) is 6.07 Å². The molecule has 32 heavy (non-hydrogen) atoms. The molecule has 1 rings (SSSR count). The summed E-state index contributed by atoms with van der Waals surface area (Å²) in [6.45, 7) is 21.5. The van der Waals surface area contributed by atoms with Crippen molar-refractivity contribution in [2.24, 2.45) is 0 Å². The van der Waals surface area contributed by atoms with Gasteiger partial charge in [0.25, 0.3) is 0 Å². The SMILES string of the molecule is COc1cc(CCCO[Si](C(C)C)(C(C)C)C(C)C)c(C#C[Si](C)(C)C)c(OC)c1OC. The van der Waals surface area contributed by atoms with E-state index in [2.05, 4.69) is 72.6 Å². The minimum Gasteiger partial charge on any atom is -0.493 e. The first-order valence-electron chi connectivity index (χ1n) is 11.8. The third-order valence-corrected chi connectivity index (χ3v) is 13.1. The van der Waals surface area contributed by atoms with Gasteiger partial charge in [0.2, 0.25) is 5.75 Å². The van der Waals surface area contributed by atoms with Crippen molar-refractivity contribution in [2.45, 2.75) is 90.6 Å². The van der Waals surface area contributed by atoms with Crippen LogP contribution in [0, 0.1) is 11.5 Å². The van der Waals surface area contributed by atoms with Crippen LogP contribution in [-0.2, 0) is 10.8 Å². The summed E-state index contributed by atoms with van der Waals surface area (Å²) in [7, 11) is 1.54. The third-order valence-electron chi connectivity index (χ3n) is 6.12. The number of rotatable bonds is 11. The first-order valence-corrected chi connectivity index (χ1v) is 17.5. The quantitative estimate of drug-likeness (QED) is 0.194. The molecule has 0 amide bonds. The molecule has 0 saturated heterocycles. The van der Waals surface area contributed by atoms with E-state index in [1.54, 1.807) is 21.3 Å². The van der Waals surface area contributed by atoms with Crippen LogP contribution in [0.4, 0.5) is 0 Å². The Morgan fingerprint density at radius 3 is 1.75 bits per heavy atom. The van der Waals surface area contributed by atoms with Crippen LogP contribution in [0.25, 0.3) is 0 Å². The first-order chi connectivity index (χ1) is 14.8. The normalized spacial score (nSPS) is 12.2. The fraction of sp³-hybridized carbons (Fsp3) is 0.692. The average Bonchev–Trinajstić information content (AvgIpc) is 2.69. The van der Waals surface area contributed by atoms with Crippen molar-refractivity contribution in [3.8, 4) is 28.7 Å². The smallest absolute Gasteiger partial charge is 0.204 e. The van der Waals surface area contributed by atoms with Crippen molar-refractivity contribution < 1.29 is 18.6 Å². The lowest BCUT2D eigenvalue weighted by molar-refractivity contribution is 0.272. The van der Waals surface area contributed by atoms with E-state index in [0.29, 0.717) is 33.9 Å². The Labute approximate surface area is 199 Å². The molecule has 0 aliphatic rings. The van der Waals surface area contributed by atoms with Crippen LogP contribution in [0.15, 0.2) is 6.07 Å². The van der Waals surface area contributed by atoms with E-state index in [0.717, 1.165) is 30.6 Å². The van der Waals surface area contributed by atoms with Gasteiger partial charge in [-0.3, -0.25) is 0 Å². The minimum atomic E-state index is -1.86. The zero-order valence-electron chi connectivity index (χ0n) is 22.6. The Bertz CT molecular complexity index is 777. The first kappa shape index (κ1) is 28.6. The lowest BCUT2D eigenvalue weighted by atomic mass is 10.0. The van der Waals surface area contributed by atoms with Crippen LogP contribution < -0.4 is 14.2 Å². The van der Waals surface area contributed by atoms with Crippen molar-refractivity contribution in [1.29, 1.82) is 0 Å². The Kier molecular flexibility index (Phi) is 10.9. The Morgan fingerprint density at radius 2 is 1.34 bits per heavy atom. The summed E-state index contributed by atoms with van der Waals surface area (Å²) in [4.78, 5) is 0. The highest BCUT2D eigenvalue weighted by Gasteiger charge is 2.44. The van der Waals surface area contributed by atoms with Crippen molar-refractivity contribution >= 4 is 16.4 Å². The molecular formula is C26H46O4Si2. The number of hydrogen-bond donors (Lipinski definition) is 0. The summed E-state index contributed by atoms with van der Waals surface area (Å²) in [5.74, 6) is 5.36. The van der Waals surface area contributed by atoms with Gasteiger partial charge in [-0.2, -0.15) is 0 Å². The highest BCUT2D eigenvalue weighted by Crippen LogP contribution is 2.43. The van der Waals surface area contributed by atoms with Crippen molar-refractivity contribution in [3.63, 3.8) is 0 Å². The van der Waals surface area contributed by atoms with Crippen molar-refractivity contribution in [2.75, 3.05) is 27.9 Å². The highest BCUT2D eigenvalue weighted by atomic mass is 28.4. The molecule has 0 spiro atoms.